The van der Waals surface area contributed by atoms with Crippen molar-refractivity contribution in [3.8, 4) is 5.69 Å². The highest BCUT2D eigenvalue weighted by Crippen LogP contribution is 2.29. The average Bonchev–Trinajstić information content (AvgIpc) is 3.36. The Labute approximate surface area is 193 Å². The van der Waals surface area contributed by atoms with Gasteiger partial charge in [-0.3, -0.25) is 19.0 Å². The zero-order chi connectivity index (χ0) is 22.8. The van der Waals surface area contributed by atoms with Crippen LogP contribution in [0.4, 0.5) is 5.69 Å². The Morgan fingerprint density at radius 2 is 1.97 bits per heavy atom. The summed E-state index contributed by atoms with van der Waals surface area (Å²) in [6, 6.07) is 13.1. The Hall–Kier alpha value is -2.94. The molecule has 3 atom stereocenters. The summed E-state index contributed by atoms with van der Waals surface area (Å²) in [5.41, 5.74) is 2.02. The third-order valence-corrected chi connectivity index (χ3v) is 6.81. The lowest BCUT2D eigenvalue weighted by Gasteiger charge is -2.16. The third kappa shape index (κ3) is 4.77. The number of aromatic nitrogens is 1. The van der Waals surface area contributed by atoms with Crippen LogP contribution in [0.2, 0.25) is 4.34 Å². The molecule has 1 aliphatic carbocycles. The fourth-order valence-electron chi connectivity index (χ4n) is 3.87. The summed E-state index contributed by atoms with van der Waals surface area (Å²) in [7, 11) is 0. The van der Waals surface area contributed by atoms with Gasteiger partial charge in [-0.05, 0) is 61.7 Å². The van der Waals surface area contributed by atoms with Gasteiger partial charge in [0.25, 0.3) is 11.5 Å². The largest absolute Gasteiger partial charge is 0.391 e. The molecule has 0 saturated heterocycles. The number of halogens is 1. The molecule has 4 rings (SSSR count). The molecule has 166 valence electrons. The van der Waals surface area contributed by atoms with Crippen LogP contribution in [-0.4, -0.2) is 33.6 Å². The first-order chi connectivity index (χ1) is 15.3. The quantitative estimate of drug-likeness (QED) is 0.531. The van der Waals surface area contributed by atoms with Crippen molar-refractivity contribution in [2.45, 2.75) is 31.9 Å². The molecule has 3 N–H and O–H groups in total. The van der Waals surface area contributed by atoms with E-state index in [1.54, 1.807) is 42.6 Å². The molecule has 1 fully saturated rings. The van der Waals surface area contributed by atoms with Gasteiger partial charge in [0.1, 0.15) is 0 Å². The second-order valence-electron chi connectivity index (χ2n) is 7.82. The van der Waals surface area contributed by atoms with E-state index in [2.05, 4.69) is 10.6 Å². The number of benzene rings is 1. The number of aryl methyl sites for hydroxylation is 1. The summed E-state index contributed by atoms with van der Waals surface area (Å²) in [6.07, 6.45) is 1.49. The average molecular weight is 472 g/mol. The molecule has 1 aromatic carbocycles. The fourth-order valence-corrected chi connectivity index (χ4v) is 4.82. The molecule has 2 aromatic heterocycles. The molecule has 0 unspecified atom stereocenters. The number of aliphatic hydroxyl groups excluding tert-OH is 1. The van der Waals surface area contributed by atoms with E-state index in [1.807, 2.05) is 13.0 Å². The number of carbonyl (C=O) groups is 2. The maximum absolute atomic E-state index is 12.8. The van der Waals surface area contributed by atoms with Gasteiger partial charge in [0.05, 0.1) is 21.4 Å². The summed E-state index contributed by atoms with van der Waals surface area (Å²) in [5, 5.41) is 16.1. The van der Waals surface area contributed by atoms with Crippen molar-refractivity contribution in [3.63, 3.8) is 0 Å². The van der Waals surface area contributed by atoms with Gasteiger partial charge < -0.3 is 15.7 Å². The first-order valence-corrected chi connectivity index (χ1v) is 11.3. The van der Waals surface area contributed by atoms with Crippen molar-refractivity contribution in [2.24, 2.45) is 5.92 Å². The van der Waals surface area contributed by atoms with Crippen LogP contribution in [-0.2, 0) is 4.79 Å². The molecule has 9 heteroatoms. The Morgan fingerprint density at radius 3 is 2.66 bits per heavy atom. The Balaban J connectivity index is 1.40. The van der Waals surface area contributed by atoms with E-state index in [9.17, 15) is 19.5 Å². The Bertz CT molecular complexity index is 1220. The summed E-state index contributed by atoms with van der Waals surface area (Å²) in [5.74, 6) is -0.958. The minimum atomic E-state index is -0.807. The number of pyridine rings is 1. The molecule has 0 spiro atoms. The van der Waals surface area contributed by atoms with Crippen LogP contribution in [0.25, 0.3) is 5.69 Å². The number of rotatable bonds is 5. The molecule has 1 aliphatic rings. The number of anilines is 1. The van der Waals surface area contributed by atoms with E-state index in [1.165, 1.54) is 10.6 Å². The molecular formula is C23H22ClN3O4S. The Morgan fingerprint density at radius 1 is 1.16 bits per heavy atom. The molecule has 2 amide bonds. The molecule has 2 heterocycles. The van der Waals surface area contributed by atoms with Gasteiger partial charge in [-0.1, -0.05) is 17.7 Å². The van der Waals surface area contributed by atoms with Crippen LogP contribution in [0.3, 0.4) is 0 Å². The highest BCUT2D eigenvalue weighted by atomic mass is 35.5. The minimum Gasteiger partial charge on any atom is -0.391 e. The lowest BCUT2D eigenvalue weighted by atomic mass is 10.1. The molecule has 7 nitrogen and oxygen atoms in total. The van der Waals surface area contributed by atoms with Crippen LogP contribution in [0.15, 0.2) is 59.5 Å². The summed E-state index contributed by atoms with van der Waals surface area (Å²) in [4.78, 5) is 37.7. The lowest BCUT2D eigenvalue weighted by molar-refractivity contribution is -0.119. The number of nitrogens with zero attached hydrogens (tertiary/aromatic N) is 1. The number of nitrogens with one attached hydrogen (secondary N) is 2. The van der Waals surface area contributed by atoms with Gasteiger partial charge in [0.15, 0.2) is 0 Å². The second-order valence-corrected chi connectivity index (χ2v) is 9.53. The van der Waals surface area contributed by atoms with E-state index < -0.39 is 18.1 Å². The molecule has 0 radical (unpaired) electrons. The number of amides is 2. The van der Waals surface area contributed by atoms with E-state index >= 15 is 0 Å². The SMILES string of the molecule is Cc1cc(-n2ccccc2=O)ccc1NC(=O)[C@@H]1C[C@H](NC(=O)c2ccc(Cl)s2)[C@@H](O)C1. The van der Waals surface area contributed by atoms with E-state index in [-0.39, 0.29) is 23.8 Å². The molecule has 32 heavy (non-hydrogen) atoms. The number of carbonyl (C=O) groups excluding carboxylic acids is 2. The monoisotopic (exact) mass is 471 g/mol. The van der Waals surface area contributed by atoms with E-state index in [0.29, 0.717) is 27.0 Å². The number of hydrogen-bond donors (Lipinski definition) is 3. The minimum absolute atomic E-state index is 0.137. The fraction of sp³-hybridized carbons (Fsp3) is 0.261. The highest BCUT2D eigenvalue weighted by Gasteiger charge is 2.38. The van der Waals surface area contributed by atoms with Gasteiger partial charge in [0.2, 0.25) is 5.91 Å². The first-order valence-electron chi connectivity index (χ1n) is 10.2. The number of aliphatic hydroxyl groups is 1. The second kappa shape index (κ2) is 9.28. The molecule has 3 aromatic rings. The van der Waals surface area contributed by atoms with Crippen LogP contribution in [0.5, 0.6) is 0 Å². The van der Waals surface area contributed by atoms with Gasteiger partial charge in [-0.2, -0.15) is 0 Å². The van der Waals surface area contributed by atoms with Crippen LogP contribution < -0.4 is 16.2 Å². The maximum Gasteiger partial charge on any atom is 0.261 e. The topological polar surface area (TPSA) is 100 Å². The van der Waals surface area contributed by atoms with Gasteiger partial charge >= 0.3 is 0 Å². The number of thiophene rings is 1. The summed E-state index contributed by atoms with van der Waals surface area (Å²) in [6.45, 7) is 1.85. The number of hydrogen-bond acceptors (Lipinski definition) is 5. The van der Waals surface area contributed by atoms with Crippen molar-refractivity contribution in [1.29, 1.82) is 0 Å². The lowest BCUT2D eigenvalue weighted by Crippen LogP contribution is -2.39. The van der Waals surface area contributed by atoms with Gasteiger partial charge in [-0.15, -0.1) is 11.3 Å². The first kappa shape index (κ1) is 22.3. The summed E-state index contributed by atoms with van der Waals surface area (Å²) < 4.78 is 2.04. The van der Waals surface area contributed by atoms with Crippen molar-refractivity contribution in [1.82, 2.24) is 9.88 Å². The van der Waals surface area contributed by atoms with Crippen LogP contribution in [0.1, 0.15) is 28.1 Å². The normalized spacial score (nSPS) is 20.2. The van der Waals surface area contributed by atoms with E-state index in [0.717, 1.165) is 16.9 Å². The highest BCUT2D eigenvalue weighted by molar-refractivity contribution is 7.18. The molecule has 0 bridgehead atoms. The zero-order valence-corrected chi connectivity index (χ0v) is 18.8. The van der Waals surface area contributed by atoms with Gasteiger partial charge in [-0.25, -0.2) is 0 Å². The van der Waals surface area contributed by atoms with Crippen LogP contribution in [0, 0.1) is 12.8 Å². The standard InChI is InChI=1S/C23H22ClN3O4S/c1-13-10-15(27-9-3-2-4-21(27)29)5-6-16(13)25-22(30)14-11-17(18(28)12-14)26-23(31)19-7-8-20(24)32-19/h2-10,14,17-18,28H,11-12H2,1H3,(H,25,30)(H,26,31)/t14-,17+,18+/m1/s1. The Kier molecular flexibility index (Phi) is 6.45. The maximum atomic E-state index is 12.8. The predicted molar refractivity (Wildman–Crippen MR) is 125 cm³/mol. The third-order valence-electron chi connectivity index (χ3n) is 5.58. The predicted octanol–water partition coefficient (Wildman–Crippen LogP) is 3.37. The molecular weight excluding hydrogens is 450 g/mol. The van der Waals surface area contributed by atoms with Crippen LogP contribution >= 0.6 is 22.9 Å². The molecule has 1 saturated carbocycles. The van der Waals surface area contributed by atoms with Crippen molar-refractivity contribution in [3.05, 3.63) is 79.9 Å². The summed E-state index contributed by atoms with van der Waals surface area (Å²) >= 11 is 7.04. The van der Waals surface area contributed by atoms with Crippen molar-refractivity contribution in [2.75, 3.05) is 5.32 Å². The van der Waals surface area contributed by atoms with Crippen molar-refractivity contribution < 1.29 is 14.7 Å². The molecule has 0 aliphatic heterocycles. The van der Waals surface area contributed by atoms with Crippen molar-refractivity contribution >= 4 is 40.4 Å². The van der Waals surface area contributed by atoms with E-state index in [4.69, 9.17) is 11.6 Å². The smallest absolute Gasteiger partial charge is 0.261 e. The zero-order valence-electron chi connectivity index (χ0n) is 17.2. The van der Waals surface area contributed by atoms with Gasteiger partial charge in [0, 0.05) is 29.6 Å².